The van der Waals surface area contributed by atoms with Gasteiger partial charge in [-0.2, -0.15) is 13.2 Å². The predicted molar refractivity (Wildman–Crippen MR) is 120 cm³/mol. The Hall–Kier alpha value is -3.95. The van der Waals surface area contributed by atoms with E-state index in [1.165, 1.54) is 12.4 Å². The molecule has 0 fully saturated rings. The summed E-state index contributed by atoms with van der Waals surface area (Å²) in [5.74, 6) is 1.08. The molecule has 10 heteroatoms. The van der Waals surface area contributed by atoms with E-state index in [4.69, 9.17) is 9.72 Å². The molecule has 0 radical (unpaired) electrons. The third-order valence-corrected chi connectivity index (χ3v) is 6.17. The van der Waals surface area contributed by atoms with Crippen molar-refractivity contribution >= 4 is 28.1 Å². The third kappa shape index (κ3) is 3.55. The second-order valence-electron chi connectivity index (χ2n) is 8.23. The maximum Gasteiger partial charge on any atom is 0.416 e. The van der Waals surface area contributed by atoms with Gasteiger partial charge in [0.05, 0.1) is 29.5 Å². The minimum absolute atomic E-state index is 0.387. The average molecular weight is 464 g/mol. The zero-order valence-corrected chi connectivity index (χ0v) is 18.0. The number of halogens is 3. The Balaban J connectivity index is 1.36. The van der Waals surface area contributed by atoms with Crippen LogP contribution < -0.4 is 14.5 Å². The van der Waals surface area contributed by atoms with Gasteiger partial charge in [-0.25, -0.2) is 15.0 Å². The zero-order valence-electron chi connectivity index (χ0n) is 18.0. The fourth-order valence-corrected chi connectivity index (χ4v) is 4.53. The molecule has 2 aliphatic heterocycles. The van der Waals surface area contributed by atoms with Crippen molar-refractivity contribution in [3.8, 4) is 5.88 Å². The molecular formula is C24H19F3N6O. The molecule has 2 aliphatic rings. The minimum Gasteiger partial charge on any atom is -0.474 e. The van der Waals surface area contributed by atoms with E-state index in [0.29, 0.717) is 55.3 Å². The smallest absolute Gasteiger partial charge is 0.416 e. The van der Waals surface area contributed by atoms with E-state index in [0.717, 1.165) is 34.8 Å². The van der Waals surface area contributed by atoms with Gasteiger partial charge >= 0.3 is 6.18 Å². The first-order valence-corrected chi connectivity index (χ1v) is 10.9. The number of rotatable bonds is 2. The van der Waals surface area contributed by atoms with Gasteiger partial charge < -0.3 is 14.5 Å². The molecule has 0 bridgehead atoms. The highest BCUT2D eigenvalue weighted by Crippen LogP contribution is 2.37. The number of fused-ring (bicyclic) bond motifs is 3. The molecule has 1 aromatic carbocycles. The second-order valence-corrected chi connectivity index (χ2v) is 8.23. The van der Waals surface area contributed by atoms with E-state index in [1.54, 1.807) is 6.20 Å². The fraction of sp³-hybridized carbons (Fsp3) is 0.250. The number of nitrogens with zero attached hydrogens (tertiary/aromatic N) is 6. The Kier molecular flexibility index (Phi) is 4.75. The highest BCUT2D eigenvalue weighted by Gasteiger charge is 2.31. The summed E-state index contributed by atoms with van der Waals surface area (Å²) in [5.41, 5.74) is 3.56. The lowest BCUT2D eigenvalue weighted by molar-refractivity contribution is -0.137. The molecule has 0 amide bonds. The van der Waals surface area contributed by atoms with Crippen molar-refractivity contribution in [3.05, 3.63) is 71.9 Å². The fourth-order valence-electron chi connectivity index (χ4n) is 4.53. The molecule has 0 saturated heterocycles. The average Bonchev–Trinajstić information content (AvgIpc) is 2.86. The van der Waals surface area contributed by atoms with Crippen LogP contribution in [0.25, 0.3) is 10.9 Å². The molecule has 6 rings (SSSR count). The summed E-state index contributed by atoms with van der Waals surface area (Å²) in [4.78, 5) is 21.6. The molecule has 0 spiro atoms. The van der Waals surface area contributed by atoms with Crippen molar-refractivity contribution in [2.75, 3.05) is 29.5 Å². The topological polar surface area (TPSA) is 67.3 Å². The van der Waals surface area contributed by atoms with Gasteiger partial charge in [0.2, 0.25) is 5.88 Å². The number of anilines is 3. The van der Waals surface area contributed by atoms with Gasteiger partial charge in [-0.1, -0.05) is 0 Å². The van der Waals surface area contributed by atoms with Gasteiger partial charge in [-0.15, -0.1) is 0 Å². The Bertz CT molecular complexity index is 1390. The van der Waals surface area contributed by atoms with Crippen molar-refractivity contribution < 1.29 is 17.9 Å². The quantitative estimate of drug-likeness (QED) is 0.432. The Morgan fingerprint density at radius 3 is 2.76 bits per heavy atom. The molecule has 0 unspecified atom stereocenters. The molecule has 0 aliphatic carbocycles. The zero-order chi connectivity index (χ0) is 23.3. The van der Waals surface area contributed by atoms with Gasteiger partial charge in [0.25, 0.3) is 0 Å². The van der Waals surface area contributed by atoms with Crippen molar-refractivity contribution in [1.82, 2.24) is 19.9 Å². The van der Waals surface area contributed by atoms with Crippen LogP contribution in [0.15, 0.2) is 55.1 Å². The molecule has 7 nitrogen and oxygen atoms in total. The van der Waals surface area contributed by atoms with E-state index >= 15 is 0 Å². The van der Waals surface area contributed by atoms with Gasteiger partial charge in [0.1, 0.15) is 24.4 Å². The van der Waals surface area contributed by atoms with E-state index < -0.39 is 11.7 Å². The van der Waals surface area contributed by atoms with Crippen molar-refractivity contribution in [2.45, 2.75) is 19.1 Å². The summed E-state index contributed by atoms with van der Waals surface area (Å²) in [6.07, 6.45) is 1.18. The van der Waals surface area contributed by atoms with E-state index in [2.05, 4.69) is 25.9 Å². The van der Waals surface area contributed by atoms with Gasteiger partial charge in [-0.05, 0) is 42.0 Å². The Morgan fingerprint density at radius 1 is 0.971 bits per heavy atom. The molecule has 0 atom stereocenters. The largest absolute Gasteiger partial charge is 0.474 e. The highest BCUT2D eigenvalue weighted by atomic mass is 19.4. The van der Waals surface area contributed by atoms with Crippen molar-refractivity contribution in [2.24, 2.45) is 0 Å². The van der Waals surface area contributed by atoms with Crippen LogP contribution in [-0.2, 0) is 19.1 Å². The number of aromatic nitrogens is 4. The lowest BCUT2D eigenvalue weighted by atomic mass is 10.0. The second kappa shape index (κ2) is 7.82. The van der Waals surface area contributed by atoms with Crippen LogP contribution >= 0.6 is 0 Å². The summed E-state index contributed by atoms with van der Waals surface area (Å²) >= 11 is 0. The molecule has 4 aromatic rings. The van der Waals surface area contributed by atoms with Crippen LogP contribution in [0.1, 0.15) is 16.8 Å². The van der Waals surface area contributed by atoms with Crippen LogP contribution in [0.3, 0.4) is 0 Å². The maximum atomic E-state index is 13.3. The SMILES string of the molecule is FC(F)(F)c1ccc2ncnc(N3CCc4ncc(N5CCOc6ncccc65)cc4C3)c2c1. The molecule has 0 N–H and O–H groups in total. The standard InChI is InChI=1S/C24H19F3N6O/c25-24(26,27)16-3-4-20-18(11-16)22(31-14-30-20)32-7-5-19-15(13-32)10-17(12-29-19)33-8-9-34-23-21(33)2-1-6-28-23/h1-4,6,10-12,14H,5,7-9,13H2. The number of alkyl halides is 3. The first-order valence-electron chi connectivity index (χ1n) is 10.9. The van der Waals surface area contributed by atoms with Crippen LogP contribution in [0.5, 0.6) is 5.88 Å². The van der Waals surface area contributed by atoms with Crippen LogP contribution in [0, 0.1) is 0 Å². The van der Waals surface area contributed by atoms with Gasteiger partial charge in [-0.3, -0.25) is 4.98 Å². The van der Waals surface area contributed by atoms with E-state index in [1.807, 2.05) is 23.2 Å². The molecule has 172 valence electrons. The number of pyridine rings is 2. The minimum atomic E-state index is -4.43. The van der Waals surface area contributed by atoms with Crippen molar-refractivity contribution in [1.29, 1.82) is 0 Å². The monoisotopic (exact) mass is 464 g/mol. The molecule has 34 heavy (non-hydrogen) atoms. The summed E-state index contributed by atoms with van der Waals surface area (Å²) in [6.45, 7) is 2.27. The normalized spacial score (nSPS) is 15.6. The molecule has 0 saturated carbocycles. The van der Waals surface area contributed by atoms with Gasteiger partial charge in [0.15, 0.2) is 0 Å². The van der Waals surface area contributed by atoms with E-state index in [9.17, 15) is 13.2 Å². The number of hydrogen-bond acceptors (Lipinski definition) is 7. The maximum absolute atomic E-state index is 13.3. The van der Waals surface area contributed by atoms with Crippen LogP contribution in [0.4, 0.5) is 30.4 Å². The highest BCUT2D eigenvalue weighted by molar-refractivity contribution is 5.90. The first kappa shape index (κ1) is 20.6. The lowest BCUT2D eigenvalue weighted by Crippen LogP contribution is -2.33. The Labute approximate surface area is 192 Å². The van der Waals surface area contributed by atoms with Crippen molar-refractivity contribution in [3.63, 3.8) is 0 Å². The molecule has 3 aromatic heterocycles. The summed E-state index contributed by atoms with van der Waals surface area (Å²) < 4.78 is 45.7. The van der Waals surface area contributed by atoms with Crippen LogP contribution in [0.2, 0.25) is 0 Å². The third-order valence-electron chi connectivity index (χ3n) is 6.17. The van der Waals surface area contributed by atoms with Gasteiger partial charge in [0, 0.05) is 36.8 Å². The number of ether oxygens (including phenoxy) is 1. The summed E-state index contributed by atoms with van der Waals surface area (Å²) in [6, 6.07) is 9.48. The summed E-state index contributed by atoms with van der Waals surface area (Å²) in [7, 11) is 0. The first-order chi connectivity index (χ1) is 16.5. The van der Waals surface area contributed by atoms with E-state index in [-0.39, 0.29) is 0 Å². The molecular weight excluding hydrogens is 445 g/mol. The Morgan fingerprint density at radius 2 is 1.88 bits per heavy atom. The predicted octanol–water partition coefficient (Wildman–Crippen LogP) is 4.53. The molecule has 5 heterocycles. The number of hydrogen-bond donors (Lipinski definition) is 0. The lowest BCUT2D eigenvalue weighted by Gasteiger charge is -2.33. The van der Waals surface area contributed by atoms with Crippen LogP contribution in [-0.4, -0.2) is 39.6 Å². The number of benzene rings is 1. The summed E-state index contributed by atoms with van der Waals surface area (Å²) in [5, 5.41) is 0.387.